The van der Waals surface area contributed by atoms with Gasteiger partial charge in [-0.15, -0.1) is 0 Å². The fraction of sp³-hybridized carbons (Fsp3) is 0.263. The molecule has 1 aromatic heterocycles. The van der Waals surface area contributed by atoms with Crippen LogP contribution < -0.4 is 10.2 Å². The average Bonchev–Trinajstić information content (AvgIpc) is 3.31. The van der Waals surface area contributed by atoms with Gasteiger partial charge < -0.3 is 14.7 Å². The van der Waals surface area contributed by atoms with Crippen molar-refractivity contribution in [3.05, 3.63) is 60.7 Å². The number of aromatic nitrogens is 2. The van der Waals surface area contributed by atoms with E-state index in [1.54, 1.807) is 0 Å². The molecule has 1 atom stereocenters. The monoisotopic (exact) mass is 320 g/mol. The van der Waals surface area contributed by atoms with E-state index in [0.29, 0.717) is 17.8 Å². The van der Waals surface area contributed by atoms with Crippen LogP contribution in [0, 0.1) is 5.92 Å². The Morgan fingerprint density at radius 2 is 1.79 bits per heavy atom. The maximum absolute atomic E-state index is 5.30. The molecule has 3 aromatic rings. The first kappa shape index (κ1) is 14.8. The second kappa shape index (κ2) is 6.74. The van der Waals surface area contributed by atoms with Crippen LogP contribution in [0.3, 0.4) is 0 Å². The van der Waals surface area contributed by atoms with Gasteiger partial charge in [-0.2, -0.15) is 4.98 Å². The number of para-hydroxylation sites is 1. The number of benzene rings is 2. The molecule has 4 rings (SSSR count). The molecule has 1 aliphatic rings. The van der Waals surface area contributed by atoms with Crippen LogP contribution in [-0.2, 0) is 0 Å². The van der Waals surface area contributed by atoms with E-state index in [1.165, 1.54) is 12.1 Å². The molecule has 5 heteroatoms. The fourth-order valence-corrected chi connectivity index (χ4v) is 3.10. The van der Waals surface area contributed by atoms with E-state index in [4.69, 9.17) is 4.52 Å². The van der Waals surface area contributed by atoms with Gasteiger partial charge in [0.1, 0.15) is 0 Å². The molecule has 0 saturated carbocycles. The second-order valence-electron chi connectivity index (χ2n) is 6.11. The Labute approximate surface area is 141 Å². The average molecular weight is 320 g/mol. The Morgan fingerprint density at radius 3 is 2.58 bits per heavy atom. The lowest BCUT2D eigenvalue weighted by Gasteiger charge is -2.18. The number of rotatable bonds is 5. The molecule has 24 heavy (non-hydrogen) atoms. The summed E-state index contributed by atoms with van der Waals surface area (Å²) in [5, 5.41) is 7.32. The first-order valence-corrected chi connectivity index (χ1v) is 8.31. The quantitative estimate of drug-likeness (QED) is 0.777. The lowest BCUT2D eigenvalue weighted by molar-refractivity contribution is 0.428. The Hall–Kier alpha value is -2.82. The topological polar surface area (TPSA) is 54.2 Å². The summed E-state index contributed by atoms with van der Waals surface area (Å²) in [5.74, 6) is 1.20. The van der Waals surface area contributed by atoms with Crippen molar-refractivity contribution in [3.63, 3.8) is 0 Å². The minimum Gasteiger partial charge on any atom is -0.371 e. The third-order valence-electron chi connectivity index (χ3n) is 4.41. The normalized spacial score (nSPS) is 17.2. The SMILES string of the molecule is c1ccc(-c2noc(NC[C@@H]3CCN(c4ccccc4)C3)n2)cc1. The highest BCUT2D eigenvalue weighted by molar-refractivity contribution is 5.55. The zero-order chi connectivity index (χ0) is 16.2. The van der Waals surface area contributed by atoms with Gasteiger partial charge in [0, 0.05) is 30.9 Å². The van der Waals surface area contributed by atoms with Crippen LogP contribution in [0.5, 0.6) is 0 Å². The van der Waals surface area contributed by atoms with Gasteiger partial charge >= 0.3 is 6.01 Å². The van der Waals surface area contributed by atoms with E-state index in [-0.39, 0.29) is 0 Å². The van der Waals surface area contributed by atoms with Crippen molar-refractivity contribution >= 4 is 11.7 Å². The summed E-state index contributed by atoms with van der Waals surface area (Å²) in [7, 11) is 0. The van der Waals surface area contributed by atoms with Crippen LogP contribution in [0.2, 0.25) is 0 Å². The lowest BCUT2D eigenvalue weighted by Crippen LogP contribution is -2.22. The number of nitrogens with zero attached hydrogens (tertiary/aromatic N) is 3. The molecule has 0 amide bonds. The summed E-state index contributed by atoms with van der Waals surface area (Å²) in [6.45, 7) is 2.99. The number of nitrogens with one attached hydrogen (secondary N) is 1. The molecule has 5 nitrogen and oxygen atoms in total. The van der Waals surface area contributed by atoms with Crippen molar-refractivity contribution in [2.45, 2.75) is 6.42 Å². The van der Waals surface area contributed by atoms with Gasteiger partial charge in [0.05, 0.1) is 0 Å². The zero-order valence-electron chi connectivity index (χ0n) is 13.4. The molecule has 1 N–H and O–H groups in total. The van der Waals surface area contributed by atoms with Gasteiger partial charge in [-0.05, 0) is 24.5 Å². The molecule has 0 spiro atoms. The fourth-order valence-electron chi connectivity index (χ4n) is 3.10. The van der Waals surface area contributed by atoms with Crippen LogP contribution >= 0.6 is 0 Å². The lowest BCUT2D eigenvalue weighted by atomic mass is 10.1. The van der Waals surface area contributed by atoms with Crippen molar-refractivity contribution < 1.29 is 4.52 Å². The molecular formula is C19H20N4O. The first-order chi connectivity index (χ1) is 11.9. The molecule has 0 aliphatic carbocycles. The maximum atomic E-state index is 5.30. The Kier molecular flexibility index (Phi) is 4.14. The predicted molar refractivity (Wildman–Crippen MR) is 95.0 cm³/mol. The van der Waals surface area contributed by atoms with E-state index in [0.717, 1.165) is 25.2 Å². The van der Waals surface area contributed by atoms with Gasteiger partial charge in [0.2, 0.25) is 5.82 Å². The molecule has 122 valence electrons. The summed E-state index contributed by atoms with van der Waals surface area (Å²) < 4.78 is 5.30. The first-order valence-electron chi connectivity index (χ1n) is 8.31. The highest BCUT2D eigenvalue weighted by Crippen LogP contribution is 2.24. The predicted octanol–water partition coefficient (Wildman–Crippen LogP) is 3.68. The van der Waals surface area contributed by atoms with Gasteiger partial charge in [-0.3, -0.25) is 0 Å². The molecule has 1 aliphatic heterocycles. The van der Waals surface area contributed by atoms with Crippen LogP contribution in [0.25, 0.3) is 11.4 Å². The van der Waals surface area contributed by atoms with Crippen molar-refractivity contribution in [1.29, 1.82) is 0 Å². The van der Waals surface area contributed by atoms with Crippen LogP contribution in [-0.4, -0.2) is 29.8 Å². The standard InChI is InChI=1S/C19H20N4O/c1-3-7-16(8-4-1)18-21-19(24-22-18)20-13-15-11-12-23(14-15)17-9-5-2-6-10-17/h1-10,15H,11-14H2,(H,20,21,22)/t15-/m0/s1. The van der Waals surface area contributed by atoms with E-state index >= 15 is 0 Å². The molecule has 0 unspecified atom stereocenters. The summed E-state index contributed by atoms with van der Waals surface area (Å²) in [6, 6.07) is 20.9. The third kappa shape index (κ3) is 3.25. The Bertz CT molecular complexity index is 772. The van der Waals surface area contributed by atoms with Crippen LogP contribution in [0.4, 0.5) is 11.7 Å². The minimum atomic E-state index is 0.493. The Morgan fingerprint density at radius 1 is 1.04 bits per heavy atom. The highest BCUT2D eigenvalue weighted by Gasteiger charge is 2.23. The molecule has 1 fully saturated rings. The van der Waals surface area contributed by atoms with Crippen molar-refractivity contribution in [3.8, 4) is 11.4 Å². The molecular weight excluding hydrogens is 300 g/mol. The van der Waals surface area contributed by atoms with Gasteiger partial charge in [0.25, 0.3) is 0 Å². The smallest absolute Gasteiger partial charge is 0.321 e. The maximum Gasteiger partial charge on any atom is 0.321 e. The molecule has 0 bridgehead atoms. The zero-order valence-corrected chi connectivity index (χ0v) is 13.4. The second-order valence-corrected chi connectivity index (χ2v) is 6.11. The van der Waals surface area contributed by atoms with E-state index < -0.39 is 0 Å². The van der Waals surface area contributed by atoms with E-state index in [1.807, 2.05) is 30.3 Å². The molecule has 2 heterocycles. The Balaban J connectivity index is 1.33. The third-order valence-corrected chi connectivity index (χ3v) is 4.41. The van der Waals surface area contributed by atoms with E-state index in [9.17, 15) is 0 Å². The summed E-state index contributed by atoms with van der Waals surface area (Å²) in [5.41, 5.74) is 2.26. The van der Waals surface area contributed by atoms with Crippen molar-refractivity contribution in [1.82, 2.24) is 10.1 Å². The highest BCUT2D eigenvalue weighted by atomic mass is 16.5. The number of anilines is 2. The van der Waals surface area contributed by atoms with Crippen molar-refractivity contribution in [2.75, 3.05) is 29.9 Å². The van der Waals surface area contributed by atoms with E-state index in [2.05, 4.69) is 50.7 Å². The van der Waals surface area contributed by atoms with Crippen molar-refractivity contribution in [2.24, 2.45) is 5.92 Å². The van der Waals surface area contributed by atoms with Crippen LogP contribution in [0.15, 0.2) is 65.2 Å². The van der Waals surface area contributed by atoms with Gasteiger partial charge in [-0.1, -0.05) is 53.7 Å². The van der Waals surface area contributed by atoms with Gasteiger partial charge in [0.15, 0.2) is 0 Å². The van der Waals surface area contributed by atoms with Gasteiger partial charge in [-0.25, -0.2) is 0 Å². The van der Waals surface area contributed by atoms with Crippen LogP contribution in [0.1, 0.15) is 6.42 Å². The molecule has 1 saturated heterocycles. The summed E-state index contributed by atoms with van der Waals surface area (Å²) in [6.07, 6.45) is 1.17. The largest absolute Gasteiger partial charge is 0.371 e. The minimum absolute atomic E-state index is 0.493. The summed E-state index contributed by atoms with van der Waals surface area (Å²) in [4.78, 5) is 6.84. The molecule has 0 radical (unpaired) electrons. The molecule has 2 aromatic carbocycles. The number of hydrogen-bond acceptors (Lipinski definition) is 5. The summed E-state index contributed by atoms with van der Waals surface area (Å²) >= 11 is 0. The number of hydrogen-bond donors (Lipinski definition) is 1.